The number of hydrogen-bond acceptors (Lipinski definition) is 2. The van der Waals surface area contributed by atoms with Gasteiger partial charge < -0.3 is 4.74 Å². The largest absolute Gasteiger partial charge is 0.462 e. The average molecular weight is 248 g/mol. The molecule has 100 valence electrons. The van der Waals surface area contributed by atoms with Crippen LogP contribution < -0.4 is 0 Å². The summed E-state index contributed by atoms with van der Waals surface area (Å²) < 4.78 is 5.67. The van der Waals surface area contributed by atoms with Crippen LogP contribution in [0.25, 0.3) is 0 Å². The fourth-order valence-electron chi connectivity index (χ4n) is 4.56. The van der Waals surface area contributed by atoms with E-state index in [9.17, 15) is 4.79 Å². The minimum Gasteiger partial charge on any atom is -0.462 e. The van der Waals surface area contributed by atoms with Gasteiger partial charge in [-0.1, -0.05) is 31.8 Å². The van der Waals surface area contributed by atoms with Crippen LogP contribution in [-0.2, 0) is 9.53 Å². The lowest BCUT2D eigenvalue weighted by Gasteiger charge is -2.41. The van der Waals surface area contributed by atoms with Crippen LogP contribution >= 0.6 is 0 Å². The average Bonchev–Trinajstić information content (AvgIpc) is 2.76. The fourth-order valence-corrected chi connectivity index (χ4v) is 4.56. The van der Waals surface area contributed by atoms with E-state index in [4.69, 9.17) is 4.74 Å². The molecule has 3 atom stereocenters. The van der Waals surface area contributed by atoms with Gasteiger partial charge in [0.1, 0.15) is 6.10 Å². The molecule has 1 unspecified atom stereocenters. The molecule has 0 spiro atoms. The highest BCUT2D eigenvalue weighted by atomic mass is 16.6. The molecule has 0 radical (unpaired) electrons. The maximum Gasteiger partial charge on any atom is 0.310 e. The van der Waals surface area contributed by atoms with E-state index < -0.39 is 0 Å². The molecule has 0 aromatic rings. The third-order valence-corrected chi connectivity index (χ3v) is 5.51. The van der Waals surface area contributed by atoms with Gasteiger partial charge in [0.15, 0.2) is 0 Å². The van der Waals surface area contributed by atoms with Crippen LogP contribution in [0.5, 0.6) is 0 Å². The number of esters is 1. The normalized spacial score (nSPS) is 38.9. The van der Waals surface area contributed by atoms with Crippen molar-refractivity contribution in [1.29, 1.82) is 0 Å². The number of fused-ring (bicyclic) bond motifs is 1. The van der Waals surface area contributed by atoms with Gasteiger partial charge in [0.25, 0.3) is 0 Å². The van der Waals surface area contributed by atoms with E-state index in [0.717, 1.165) is 19.3 Å². The first-order chi connectivity index (χ1) is 8.77. The molecule has 0 bridgehead atoms. The highest BCUT2D eigenvalue weighted by Gasteiger charge is 2.54. The zero-order valence-electron chi connectivity index (χ0n) is 11.2. The van der Waals surface area contributed by atoms with E-state index in [1.54, 1.807) is 0 Å². The van der Waals surface area contributed by atoms with Gasteiger partial charge in [0.2, 0.25) is 0 Å². The first kappa shape index (κ1) is 12.3. The van der Waals surface area contributed by atoms with Crippen molar-refractivity contribution in [3.63, 3.8) is 0 Å². The lowest BCUT2D eigenvalue weighted by molar-refractivity contribution is -0.147. The minimum absolute atomic E-state index is 0.0477. The molecule has 1 aliphatic heterocycles. The summed E-state index contributed by atoms with van der Waals surface area (Å²) in [4.78, 5) is 12.3. The van der Waals surface area contributed by atoms with Crippen LogP contribution in [0.2, 0.25) is 0 Å². The first-order valence-corrected chi connectivity index (χ1v) is 7.61. The highest BCUT2D eigenvalue weighted by molar-refractivity contribution is 5.76. The van der Waals surface area contributed by atoms with Crippen molar-refractivity contribution in [2.24, 2.45) is 17.3 Å². The second-order valence-corrected chi connectivity index (χ2v) is 6.40. The fraction of sp³-hybridized carbons (Fsp3) is 0.812. The molecule has 0 aromatic heterocycles. The van der Waals surface area contributed by atoms with Crippen LogP contribution in [0.1, 0.15) is 57.8 Å². The SMILES string of the molecule is C=CC1(C2C(=O)O[C@H]3CCCC[C@H]23)CCCCC1. The van der Waals surface area contributed by atoms with E-state index >= 15 is 0 Å². The molecule has 2 saturated carbocycles. The van der Waals surface area contributed by atoms with Crippen molar-refractivity contribution in [2.45, 2.75) is 63.9 Å². The summed E-state index contributed by atoms with van der Waals surface area (Å²) in [7, 11) is 0. The van der Waals surface area contributed by atoms with Crippen molar-refractivity contribution >= 4 is 5.97 Å². The molecule has 1 saturated heterocycles. The Bertz CT molecular complexity index is 341. The standard InChI is InChI=1S/C16H24O2/c1-2-16(10-6-3-7-11-16)14-12-8-4-5-9-13(12)18-15(14)17/h2,12-14H,1,3-11H2/t12-,13-,14?/m0/s1. The third-order valence-electron chi connectivity index (χ3n) is 5.51. The smallest absolute Gasteiger partial charge is 0.310 e. The Balaban J connectivity index is 1.88. The van der Waals surface area contributed by atoms with Crippen LogP contribution in [-0.4, -0.2) is 12.1 Å². The summed E-state index contributed by atoms with van der Waals surface area (Å²) in [5.74, 6) is 0.664. The molecule has 2 nitrogen and oxygen atoms in total. The van der Waals surface area contributed by atoms with Crippen molar-refractivity contribution in [3.8, 4) is 0 Å². The summed E-state index contributed by atoms with van der Waals surface area (Å²) in [6.45, 7) is 4.07. The summed E-state index contributed by atoms with van der Waals surface area (Å²) in [6.07, 6.45) is 13.1. The topological polar surface area (TPSA) is 26.3 Å². The number of hydrogen-bond donors (Lipinski definition) is 0. The molecule has 3 aliphatic rings. The molecule has 2 aliphatic carbocycles. The molecule has 18 heavy (non-hydrogen) atoms. The minimum atomic E-state index is 0.0477. The van der Waals surface area contributed by atoms with Gasteiger partial charge in [-0.2, -0.15) is 0 Å². The molecule has 3 rings (SSSR count). The maximum absolute atomic E-state index is 12.3. The van der Waals surface area contributed by atoms with Crippen LogP contribution in [0.15, 0.2) is 12.7 Å². The summed E-state index contributed by atoms with van der Waals surface area (Å²) >= 11 is 0. The Morgan fingerprint density at radius 2 is 1.83 bits per heavy atom. The Morgan fingerprint density at radius 3 is 2.56 bits per heavy atom. The predicted octanol–water partition coefficient (Wildman–Crippen LogP) is 3.85. The van der Waals surface area contributed by atoms with Crippen molar-refractivity contribution in [2.75, 3.05) is 0 Å². The van der Waals surface area contributed by atoms with Gasteiger partial charge in [-0.25, -0.2) is 0 Å². The van der Waals surface area contributed by atoms with Crippen molar-refractivity contribution < 1.29 is 9.53 Å². The number of ether oxygens (including phenoxy) is 1. The zero-order chi connectivity index (χ0) is 12.6. The second kappa shape index (κ2) is 4.71. The van der Waals surface area contributed by atoms with Crippen LogP contribution in [0.4, 0.5) is 0 Å². The van der Waals surface area contributed by atoms with Gasteiger partial charge in [0.05, 0.1) is 5.92 Å². The Morgan fingerprint density at radius 1 is 1.11 bits per heavy atom. The number of carbonyl (C=O) groups is 1. The van der Waals surface area contributed by atoms with Gasteiger partial charge in [-0.3, -0.25) is 4.79 Å². The summed E-state index contributed by atoms with van der Waals surface area (Å²) in [5, 5.41) is 0. The van der Waals surface area contributed by atoms with Gasteiger partial charge in [-0.05, 0) is 32.1 Å². The Hall–Kier alpha value is -0.790. The molecule has 3 fully saturated rings. The highest BCUT2D eigenvalue weighted by Crippen LogP contribution is 2.53. The summed E-state index contributed by atoms with van der Waals surface area (Å²) in [5.41, 5.74) is 0.0477. The van der Waals surface area contributed by atoms with E-state index in [2.05, 4.69) is 12.7 Å². The molecular weight excluding hydrogens is 224 g/mol. The second-order valence-electron chi connectivity index (χ2n) is 6.40. The van der Waals surface area contributed by atoms with Crippen LogP contribution in [0.3, 0.4) is 0 Å². The number of carbonyl (C=O) groups excluding carboxylic acids is 1. The zero-order valence-corrected chi connectivity index (χ0v) is 11.2. The molecule has 0 amide bonds. The van der Waals surface area contributed by atoms with Crippen molar-refractivity contribution in [3.05, 3.63) is 12.7 Å². The number of allylic oxidation sites excluding steroid dienone is 1. The van der Waals surface area contributed by atoms with Gasteiger partial charge in [0, 0.05) is 11.3 Å². The van der Waals surface area contributed by atoms with Gasteiger partial charge in [-0.15, -0.1) is 6.58 Å². The molecule has 0 N–H and O–H groups in total. The monoisotopic (exact) mass is 248 g/mol. The first-order valence-electron chi connectivity index (χ1n) is 7.61. The quantitative estimate of drug-likeness (QED) is 0.548. The molecule has 1 heterocycles. The molecule has 2 heteroatoms. The Labute approximate surface area is 110 Å². The van der Waals surface area contributed by atoms with Gasteiger partial charge >= 0.3 is 5.97 Å². The predicted molar refractivity (Wildman–Crippen MR) is 71.0 cm³/mol. The lowest BCUT2D eigenvalue weighted by atomic mass is 9.60. The molecular formula is C16H24O2. The van der Waals surface area contributed by atoms with Crippen molar-refractivity contribution in [1.82, 2.24) is 0 Å². The maximum atomic E-state index is 12.3. The third kappa shape index (κ3) is 1.81. The van der Waals surface area contributed by atoms with E-state index in [-0.39, 0.29) is 23.4 Å². The number of rotatable bonds is 2. The van der Waals surface area contributed by atoms with Crippen LogP contribution in [0, 0.1) is 17.3 Å². The van der Waals surface area contributed by atoms with E-state index in [1.807, 2.05) is 0 Å². The van der Waals surface area contributed by atoms with E-state index in [1.165, 1.54) is 38.5 Å². The lowest BCUT2D eigenvalue weighted by Crippen LogP contribution is -2.39. The Kier molecular flexibility index (Phi) is 3.21. The summed E-state index contributed by atoms with van der Waals surface area (Å²) in [6, 6.07) is 0. The van der Waals surface area contributed by atoms with E-state index in [0.29, 0.717) is 5.92 Å². The molecule has 0 aromatic carbocycles.